The Hall–Kier alpha value is -3.40. The Bertz CT molecular complexity index is 1240. The Kier molecular flexibility index (Phi) is 6.46. The third-order valence-electron chi connectivity index (χ3n) is 6.46. The monoisotopic (exact) mass is 487 g/mol. The molecule has 10 heteroatoms. The van der Waals surface area contributed by atoms with Gasteiger partial charge >= 0.3 is 6.61 Å². The number of nitrogens with one attached hydrogen (secondary N) is 1. The number of hydrogen-bond acceptors (Lipinski definition) is 6. The maximum atomic E-state index is 13.3. The van der Waals surface area contributed by atoms with Gasteiger partial charge < -0.3 is 24.3 Å². The van der Waals surface area contributed by atoms with Gasteiger partial charge in [0.25, 0.3) is 5.91 Å². The van der Waals surface area contributed by atoms with Crippen molar-refractivity contribution in [1.29, 1.82) is 0 Å². The molecule has 3 heterocycles. The van der Waals surface area contributed by atoms with E-state index >= 15 is 0 Å². The first-order chi connectivity index (χ1) is 17.0. The lowest BCUT2D eigenvalue weighted by Gasteiger charge is -2.24. The molecule has 0 atom stereocenters. The van der Waals surface area contributed by atoms with Gasteiger partial charge in [-0.2, -0.15) is 8.78 Å². The third-order valence-corrected chi connectivity index (χ3v) is 6.46. The maximum Gasteiger partial charge on any atom is 0.387 e. The van der Waals surface area contributed by atoms with Crippen molar-refractivity contribution in [3.63, 3.8) is 0 Å². The van der Waals surface area contributed by atoms with Crippen LogP contribution in [0.25, 0.3) is 16.9 Å². The normalized spacial score (nSPS) is 16.5. The number of methoxy groups -OCH3 is 2. The van der Waals surface area contributed by atoms with Crippen molar-refractivity contribution in [2.24, 2.45) is 0 Å². The van der Waals surface area contributed by atoms with Crippen molar-refractivity contribution >= 4 is 11.6 Å². The van der Waals surface area contributed by atoms with Crippen LogP contribution < -0.4 is 19.5 Å². The minimum Gasteiger partial charge on any atom is -0.496 e. The highest BCUT2D eigenvalue weighted by Gasteiger charge is 2.29. The molecule has 1 saturated carbocycles. The summed E-state index contributed by atoms with van der Waals surface area (Å²) in [5, 5.41) is 2.81. The number of amides is 1. The van der Waals surface area contributed by atoms with E-state index in [0.29, 0.717) is 41.8 Å². The Morgan fingerprint density at radius 2 is 1.80 bits per heavy atom. The molecule has 0 unspecified atom stereocenters. The number of hydrogen-bond donors (Lipinski definition) is 1. The van der Waals surface area contributed by atoms with Crippen LogP contribution in [0.2, 0.25) is 0 Å². The molecule has 3 aromatic rings. The number of halogens is 2. The van der Waals surface area contributed by atoms with Crippen LogP contribution in [-0.4, -0.2) is 55.4 Å². The summed E-state index contributed by atoms with van der Waals surface area (Å²) in [5.41, 5.74) is 2.81. The van der Waals surface area contributed by atoms with E-state index in [0.717, 1.165) is 31.2 Å². The second-order valence-electron chi connectivity index (χ2n) is 8.73. The lowest BCUT2D eigenvalue weighted by molar-refractivity contribution is -0.0502. The second-order valence-corrected chi connectivity index (χ2v) is 8.73. The molecular formula is C25H27F2N3O5. The molecule has 2 aromatic heterocycles. The summed E-state index contributed by atoms with van der Waals surface area (Å²) in [6.45, 7) is -1.70. The highest BCUT2D eigenvalue weighted by molar-refractivity contribution is 6.01. The topological polar surface area (TPSA) is 83.3 Å². The number of carbonyl (C=O) groups is 1. The van der Waals surface area contributed by atoms with Crippen molar-refractivity contribution in [3.05, 3.63) is 41.7 Å². The number of nitrogens with zero attached hydrogens (tertiary/aromatic N) is 2. The van der Waals surface area contributed by atoms with Crippen LogP contribution in [0.4, 0.5) is 8.78 Å². The van der Waals surface area contributed by atoms with Crippen LogP contribution in [0.15, 0.2) is 30.6 Å². The molecule has 1 aromatic carbocycles. The zero-order valence-electron chi connectivity index (χ0n) is 19.6. The van der Waals surface area contributed by atoms with E-state index in [-0.39, 0.29) is 23.1 Å². The smallest absolute Gasteiger partial charge is 0.387 e. The summed E-state index contributed by atoms with van der Waals surface area (Å²) < 4.78 is 49.8. The van der Waals surface area contributed by atoms with E-state index in [1.807, 2.05) is 16.7 Å². The molecule has 186 valence electrons. The Morgan fingerprint density at radius 1 is 1.09 bits per heavy atom. The van der Waals surface area contributed by atoms with Crippen LogP contribution in [0, 0.1) is 0 Å². The summed E-state index contributed by atoms with van der Waals surface area (Å²) in [7, 11) is 3.00. The average Bonchev–Trinajstić information content (AvgIpc) is 3.58. The van der Waals surface area contributed by atoms with Gasteiger partial charge in [-0.3, -0.25) is 9.20 Å². The lowest BCUT2D eigenvalue weighted by Crippen LogP contribution is -2.26. The van der Waals surface area contributed by atoms with Gasteiger partial charge in [0.15, 0.2) is 0 Å². The van der Waals surface area contributed by atoms with E-state index in [4.69, 9.17) is 18.9 Å². The van der Waals surface area contributed by atoms with Crippen LogP contribution in [0.1, 0.15) is 47.5 Å². The first-order valence-corrected chi connectivity index (χ1v) is 11.6. The number of imidazole rings is 1. The summed E-state index contributed by atoms with van der Waals surface area (Å²) in [5.74, 6) is 0.386. The molecule has 0 radical (unpaired) electrons. The maximum absolute atomic E-state index is 13.3. The van der Waals surface area contributed by atoms with Gasteiger partial charge in [-0.1, -0.05) is 0 Å². The molecule has 2 aliphatic rings. The van der Waals surface area contributed by atoms with Gasteiger partial charge in [-0.25, -0.2) is 4.98 Å². The van der Waals surface area contributed by atoms with Gasteiger partial charge in [0.1, 0.15) is 28.5 Å². The SMILES string of the molecule is COc1cn2c(-c3cc(OC)c(C(=O)NC4CC4)c(OC(F)F)c3)cnc2cc1C1CCOCC1. The zero-order valence-corrected chi connectivity index (χ0v) is 19.6. The molecule has 0 spiro atoms. The quantitative estimate of drug-likeness (QED) is 0.507. The van der Waals surface area contributed by atoms with Crippen molar-refractivity contribution in [3.8, 4) is 28.5 Å². The van der Waals surface area contributed by atoms with Crippen LogP contribution in [0.3, 0.4) is 0 Å². The van der Waals surface area contributed by atoms with E-state index in [1.54, 1.807) is 19.4 Å². The number of rotatable bonds is 8. The standard InChI is InChI=1S/C25H27F2N3O5/c1-32-19-9-15(10-20(35-25(26)27)23(19)24(31)29-16-3-4-16)18-12-28-22-11-17(14-5-7-34-8-6-14)21(33-2)13-30(18)22/h9-14,16,25H,3-8H2,1-2H3,(H,29,31). The summed E-state index contributed by atoms with van der Waals surface area (Å²) in [4.78, 5) is 17.3. The number of carbonyl (C=O) groups excluding carboxylic acids is 1. The minimum absolute atomic E-state index is 0.0439. The van der Waals surface area contributed by atoms with E-state index < -0.39 is 12.5 Å². The fourth-order valence-corrected chi connectivity index (χ4v) is 4.53. The fraction of sp³-hybridized carbons (Fsp3) is 0.440. The van der Waals surface area contributed by atoms with Crippen LogP contribution >= 0.6 is 0 Å². The van der Waals surface area contributed by atoms with Gasteiger partial charge in [-0.15, -0.1) is 0 Å². The number of aromatic nitrogens is 2. The number of ether oxygens (including phenoxy) is 4. The Balaban J connectivity index is 1.59. The summed E-state index contributed by atoms with van der Waals surface area (Å²) in [6.07, 6.45) is 7.00. The van der Waals surface area contributed by atoms with Gasteiger partial charge in [0.2, 0.25) is 0 Å². The van der Waals surface area contributed by atoms with E-state index in [9.17, 15) is 13.6 Å². The van der Waals surface area contributed by atoms with Gasteiger partial charge in [0.05, 0.1) is 32.3 Å². The van der Waals surface area contributed by atoms with Gasteiger partial charge in [0, 0.05) is 30.4 Å². The molecule has 1 saturated heterocycles. The average molecular weight is 488 g/mol. The molecular weight excluding hydrogens is 460 g/mol. The highest BCUT2D eigenvalue weighted by Crippen LogP contribution is 2.39. The fourth-order valence-electron chi connectivity index (χ4n) is 4.53. The van der Waals surface area contributed by atoms with Crippen LogP contribution in [-0.2, 0) is 4.74 Å². The van der Waals surface area contributed by atoms with Crippen molar-refractivity contribution in [1.82, 2.24) is 14.7 Å². The first kappa shape index (κ1) is 23.3. The molecule has 1 amide bonds. The number of fused-ring (bicyclic) bond motifs is 1. The molecule has 8 nitrogen and oxygen atoms in total. The molecule has 1 aliphatic carbocycles. The first-order valence-electron chi connectivity index (χ1n) is 11.6. The largest absolute Gasteiger partial charge is 0.496 e. The molecule has 35 heavy (non-hydrogen) atoms. The van der Waals surface area contributed by atoms with Gasteiger partial charge in [-0.05, 0) is 49.8 Å². The van der Waals surface area contributed by atoms with E-state index in [1.165, 1.54) is 13.2 Å². The summed E-state index contributed by atoms with van der Waals surface area (Å²) >= 11 is 0. The van der Waals surface area contributed by atoms with Crippen molar-refractivity contribution in [2.75, 3.05) is 27.4 Å². The Labute approximate surface area is 201 Å². The Morgan fingerprint density at radius 3 is 2.46 bits per heavy atom. The lowest BCUT2D eigenvalue weighted by atomic mass is 9.91. The van der Waals surface area contributed by atoms with Crippen molar-refractivity contribution < 1.29 is 32.5 Å². The minimum atomic E-state index is -3.10. The van der Waals surface area contributed by atoms with Crippen molar-refractivity contribution in [2.45, 2.75) is 44.3 Å². The number of benzene rings is 1. The van der Waals surface area contributed by atoms with Crippen LogP contribution in [0.5, 0.6) is 17.2 Å². The zero-order chi connectivity index (χ0) is 24.5. The molecule has 0 bridgehead atoms. The molecule has 1 N–H and O–H groups in total. The second kappa shape index (κ2) is 9.69. The summed E-state index contributed by atoms with van der Waals surface area (Å²) in [6, 6.07) is 5.08. The third kappa shape index (κ3) is 4.75. The predicted molar refractivity (Wildman–Crippen MR) is 124 cm³/mol. The predicted octanol–water partition coefficient (Wildman–Crippen LogP) is 4.41. The molecule has 1 aliphatic heterocycles. The molecule has 2 fully saturated rings. The number of alkyl halides is 2. The number of pyridine rings is 1. The highest BCUT2D eigenvalue weighted by atomic mass is 19.3. The van der Waals surface area contributed by atoms with E-state index in [2.05, 4.69) is 10.3 Å². The molecule has 5 rings (SSSR count).